The third-order valence-corrected chi connectivity index (χ3v) is 4.01. The summed E-state index contributed by atoms with van der Waals surface area (Å²) in [6.45, 7) is 1.80. The summed E-state index contributed by atoms with van der Waals surface area (Å²) in [6.07, 6.45) is 13.2. The Bertz CT molecular complexity index is 291. The Balaban J connectivity index is 1.65. The van der Waals surface area contributed by atoms with Crippen LogP contribution in [-0.4, -0.2) is 25.0 Å². The van der Waals surface area contributed by atoms with Crippen LogP contribution in [0.5, 0.6) is 0 Å². The molecule has 3 heteroatoms. The van der Waals surface area contributed by atoms with Crippen LogP contribution in [0.25, 0.3) is 0 Å². The summed E-state index contributed by atoms with van der Waals surface area (Å²) in [7, 11) is 0. The first-order valence-corrected chi connectivity index (χ1v) is 7.55. The molecule has 18 heavy (non-hydrogen) atoms. The van der Waals surface area contributed by atoms with E-state index in [0.29, 0.717) is 0 Å². The maximum atomic E-state index is 12.0. The van der Waals surface area contributed by atoms with Crippen molar-refractivity contribution in [1.82, 2.24) is 10.6 Å². The van der Waals surface area contributed by atoms with E-state index < -0.39 is 0 Å². The summed E-state index contributed by atoms with van der Waals surface area (Å²) in [6, 6.07) is 0.0489. The lowest BCUT2D eigenvalue weighted by Gasteiger charge is -2.17. The van der Waals surface area contributed by atoms with Crippen molar-refractivity contribution < 1.29 is 4.79 Å². The number of rotatable bonds is 4. The lowest BCUT2D eigenvalue weighted by Crippen LogP contribution is -2.44. The van der Waals surface area contributed by atoms with Gasteiger partial charge in [0, 0.05) is 6.54 Å². The van der Waals surface area contributed by atoms with E-state index in [0.717, 1.165) is 25.9 Å². The Morgan fingerprint density at radius 2 is 2.22 bits per heavy atom. The van der Waals surface area contributed by atoms with E-state index in [-0.39, 0.29) is 11.9 Å². The fourth-order valence-electron chi connectivity index (χ4n) is 2.85. The molecule has 2 aliphatic rings. The smallest absolute Gasteiger partial charge is 0.237 e. The molecule has 1 amide bonds. The molecule has 2 rings (SSSR count). The molecule has 0 bridgehead atoms. The molecule has 0 saturated carbocycles. The zero-order valence-electron chi connectivity index (χ0n) is 11.3. The molecule has 0 radical (unpaired) electrons. The monoisotopic (exact) mass is 250 g/mol. The van der Waals surface area contributed by atoms with Gasteiger partial charge in [0.2, 0.25) is 5.91 Å². The van der Waals surface area contributed by atoms with Crippen molar-refractivity contribution in [3.05, 3.63) is 11.6 Å². The third-order valence-electron chi connectivity index (χ3n) is 4.01. The molecule has 1 aliphatic carbocycles. The van der Waals surface area contributed by atoms with Gasteiger partial charge in [0.1, 0.15) is 0 Å². The molecule has 1 heterocycles. The van der Waals surface area contributed by atoms with Gasteiger partial charge in [0.15, 0.2) is 0 Å². The molecule has 1 unspecified atom stereocenters. The number of carbonyl (C=O) groups excluding carboxylic acids is 1. The molecule has 1 fully saturated rings. The molecule has 0 aromatic rings. The van der Waals surface area contributed by atoms with Crippen molar-refractivity contribution in [3.8, 4) is 0 Å². The highest BCUT2D eigenvalue weighted by Gasteiger charge is 2.18. The van der Waals surface area contributed by atoms with Crippen LogP contribution in [0.2, 0.25) is 0 Å². The van der Waals surface area contributed by atoms with Gasteiger partial charge in [0.05, 0.1) is 6.04 Å². The second-order valence-corrected chi connectivity index (χ2v) is 5.51. The van der Waals surface area contributed by atoms with Gasteiger partial charge in [-0.25, -0.2) is 0 Å². The lowest BCUT2D eigenvalue weighted by molar-refractivity contribution is -0.123. The van der Waals surface area contributed by atoms with Crippen molar-refractivity contribution in [2.24, 2.45) is 0 Å². The van der Waals surface area contributed by atoms with Gasteiger partial charge in [-0.3, -0.25) is 4.79 Å². The quantitative estimate of drug-likeness (QED) is 0.753. The zero-order valence-corrected chi connectivity index (χ0v) is 11.3. The van der Waals surface area contributed by atoms with E-state index in [9.17, 15) is 4.79 Å². The summed E-state index contributed by atoms with van der Waals surface area (Å²) in [5.74, 6) is 0.202. The summed E-state index contributed by atoms with van der Waals surface area (Å²) in [4.78, 5) is 12.0. The fraction of sp³-hybridized carbons (Fsp3) is 0.800. The maximum absolute atomic E-state index is 12.0. The Kier molecular flexibility index (Phi) is 5.72. The molecule has 0 aromatic heterocycles. The summed E-state index contributed by atoms with van der Waals surface area (Å²) in [5.41, 5.74) is 1.54. The highest BCUT2D eigenvalue weighted by molar-refractivity contribution is 5.81. The van der Waals surface area contributed by atoms with Gasteiger partial charge in [0.25, 0.3) is 0 Å². The third kappa shape index (κ3) is 4.45. The predicted octanol–water partition coefficient (Wildman–Crippen LogP) is 2.53. The molecule has 1 atom stereocenters. The van der Waals surface area contributed by atoms with Gasteiger partial charge < -0.3 is 10.6 Å². The Hall–Kier alpha value is -0.830. The van der Waals surface area contributed by atoms with Gasteiger partial charge in [-0.15, -0.1) is 0 Å². The summed E-state index contributed by atoms with van der Waals surface area (Å²) < 4.78 is 0. The first-order valence-electron chi connectivity index (χ1n) is 7.55. The molecular formula is C15H26N2O. The first-order chi connectivity index (χ1) is 8.86. The number of nitrogens with one attached hydrogen (secondary N) is 2. The van der Waals surface area contributed by atoms with Gasteiger partial charge in [-0.05, 0) is 51.5 Å². The molecule has 1 saturated heterocycles. The normalized spacial score (nSPS) is 25.1. The Labute approximate surface area is 110 Å². The second kappa shape index (κ2) is 7.57. The fourth-order valence-corrected chi connectivity index (χ4v) is 2.85. The van der Waals surface area contributed by atoms with Crippen LogP contribution < -0.4 is 10.6 Å². The number of hydrogen-bond donors (Lipinski definition) is 2. The highest BCUT2D eigenvalue weighted by atomic mass is 16.2. The Morgan fingerprint density at radius 3 is 3.06 bits per heavy atom. The standard InChI is InChI=1S/C15H26N2O/c18-15(14-9-5-2-6-11-16-14)17-12-10-13-7-3-1-4-8-13/h7,14,16H,1-6,8-12H2,(H,17,18). The zero-order chi connectivity index (χ0) is 12.6. The van der Waals surface area contributed by atoms with Crippen LogP contribution in [0.3, 0.4) is 0 Å². The average molecular weight is 250 g/mol. The van der Waals surface area contributed by atoms with Crippen molar-refractivity contribution >= 4 is 5.91 Å². The van der Waals surface area contributed by atoms with Crippen LogP contribution in [0.4, 0.5) is 0 Å². The SMILES string of the molecule is O=C(NCCC1=CCCCC1)C1CCCCCN1. The van der Waals surface area contributed by atoms with Crippen LogP contribution in [-0.2, 0) is 4.79 Å². The predicted molar refractivity (Wildman–Crippen MR) is 74.4 cm³/mol. The summed E-state index contributed by atoms with van der Waals surface area (Å²) >= 11 is 0. The lowest BCUT2D eigenvalue weighted by atomic mass is 9.97. The second-order valence-electron chi connectivity index (χ2n) is 5.51. The minimum atomic E-state index is 0.0489. The molecule has 1 aliphatic heterocycles. The average Bonchev–Trinajstić information content (AvgIpc) is 2.69. The largest absolute Gasteiger partial charge is 0.354 e. The van der Waals surface area contributed by atoms with Crippen molar-refractivity contribution in [2.75, 3.05) is 13.1 Å². The Morgan fingerprint density at radius 1 is 1.28 bits per heavy atom. The van der Waals surface area contributed by atoms with Crippen LogP contribution >= 0.6 is 0 Å². The first kappa shape index (κ1) is 13.6. The number of hydrogen-bond acceptors (Lipinski definition) is 2. The van der Waals surface area contributed by atoms with E-state index in [4.69, 9.17) is 0 Å². The van der Waals surface area contributed by atoms with E-state index in [1.165, 1.54) is 50.5 Å². The molecule has 102 valence electrons. The number of allylic oxidation sites excluding steroid dienone is 1. The number of amides is 1. The van der Waals surface area contributed by atoms with Crippen LogP contribution in [0.1, 0.15) is 57.8 Å². The molecule has 2 N–H and O–H groups in total. The van der Waals surface area contributed by atoms with Gasteiger partial charge in [-0.1, -0.05) is 24.5 Å². The van der Waals surface area contributed by atoms with E-state index >= 15 is 0 Å². The minimum Gasteiger partial charge on any atom is -0.354 e. The van der Waals surface area contributed by atoms with E-state index in [2.05, 4.69) is 16.7 Å². The van der Waals surface area contributed by atoms with Crippen LogP contribution in [0, 0.1) is 0 Å². The van der Waals surface area contributed by atoms with Crippen molar-refractivity contribution in [3.63, 3.8) is 0 Å². The van der Waals surface area contributed by atoms with E-state index in [1.54, 1.807) is 0 Å². The van der Waals surface area contributed by atoms with Crippen LogP contribution in [0.15, 0.2) is 11.6 Å². The van der Waals surface area contributed by atoms with Gasteiger partial charge in [-0.2, -0.15) is 0 Å². The minimum absolute atomic E-state index is 0.0489. The topological polar surface area (TPSA) is 41.1 Å². The van der Waals surface area contributed by atoms with Crippen molar-refractivity contribution in [1.29, 1.82) is 0 Å². The molecule has 0 aromatic carbocycles. The van der Waals surface area contributed by atoms with Gasteiger partial charge >= 0.3 is 0 Å². The van der Waals surface area contributed by atoms with Crippen molar-refractivity contribution in [2.45, 2.75) is 63.8 Å². The molecular weight excluding hydrogens is 224 g/mol. The molecule has 0 spiro atoms. The summed E-state index contributed by atoms with van der Waals surface area (Å²) in [5, 5.41) is 6.43. The number of carbonyl (C=O) groups is 1. The molecule has 3 nitrogen and oxygen atoms in total. The highest BCUT2D eigenvalue weighted by Crippen LogP contribution is 2.19. The maximum Gasteiger partial charge on any atom is 0.237 e. The van der Waals surface area contributed by atoms with E-state index in [1.807, 2.05) is 0 Å².